The van der Waals surface area contributed by atoms with Crippen LogP contribution in [-0.2, 0) is 9.59 Å². The van der Waals surface area contributed by atoms with Gasteiger partial charge in [0.1, 0.15) is 6.04 Å². The molecule has 0 aromatic rings. The zero-order valence-electron chi connectivity index (χ0n) is 11.3. The van der Waals surface area contributed by atoms with E-state index in [-0.39, 0.29) is 17.9 Å². The molecule has 0 radical (unpaired) electrons. The molecule has 1 unspecified atom stereocenters. The second-order valence-electron chi connectivity index (χ2n) is 4.52. The van der Waals surface area contributed by atoms with E-state index < -0.39 is 6.04 Å². The van der Waals surface area contributed by atoms with Gasteiger partial charge in [0.15, 0.2) is 0 Å². The first-order valence-corrected chi connectivity index (χ1v) is 6.19. The van der Waals surface area contributed by atoms with Crippen LogP contribution in [0.1, 0.15) is 40.0 Å². The van der Waals surface area contributed by atoms with Crippen molar-refractivity contribution < 1.29 is 9.59 Å². The lowest BCUT2D eigenvalue weighted by atomic mass is 10.1. The summed E-state index contributed by atoms with van der Waals surface area (Å²) in [6, 6.07) is -0.317. The van der Waals surface area contributed by atoms with Crippen molar-refractivity contribution in [2.24, 2.45) is 0 Å². The topological polar surface area (TPSA) is 70.2 Å². The van der Waals surface area contributed by atoms with Crippen LogP contribution >= 0.6 is 0 Å². The summed E-state index contributed by atoms with van der Waals surface area (Å²) < 4.78 is 0. The first kappa shape index (κ1) is 15.9. The van der Waals surface area contributed by atoms with Crippen LogP contribution in [0.15, 0.2) is 0 Å². The predicted octanol–water partition coefficient (Wildman–Crippen LogP) is 0.405. The molecule has 0 spiro atoms. The number of hydrogen-bond acceptors (Lipinski definition) is 3. The summed E-state index contributed by atoms with van der Waals surface area (Å²) in [6.45, 7) is 6.18. The Hall–Kier alpha value is -1.10. The fraction of sp³-hybridized carbons (Fsp3) is 0.833. The van der Waals surface area contributed by atoms with Gasteiger partial charge in [0, 0.05) is 13.0 Å². The zero-order valence-corrected chi connectivity index (χ0v) is 11.3. The van der Waals surface area contributed by atoms with Crippen LogP contribution in [0.5, 0.6) is 0 Å². The van der Waals surface area contributed by atoms with Crippen molar-refractivity contribution >= 4 is 11.8 Å². The van der Waals surface area contributed by atoms with E-state index in [1.54, 1.807) is 0 Å². The van der Waals surface area contributed by atoms with Crippen LogP contribution in [-0.4, -0.2) is 37.5 Å². The molecule has 0 aliphatic carbocycles. The maximum absolute atomic E-state index is 11.8. The summed E-state index contributed by atoms with van der Waals surface area (Å²) in [7, 11) is 1.90. The molecule has 0 saturated heterocycles. The summed E-state index contributed by atoms with van der Waals surface area (Å²) in [5.74, 6) is -0.262. The lowest BCUT2D eigenvalue weighted by molar-refractivity contribution is -0.128. The third kappa shape index (κ3) is 8.68. The summed E-state index contributed by atoms with van der Waals surface area (Å²) in [6.07, 6.45) is 2.60. The molecule has 0 aliphatic rings. The summed E-state index contributed by atoms with van der Waals surface area (Å²) in [5, 5.41) is 8.57. The molecule has 100 valence electrons. The van der Waals surface area contributed by atoms with E-state index in [1.807, 2.05) is 20.9 Å². The minimum atomic E-state index is -0.410. The molecule has 17 heavy (non-hydrogen) atoms. The molecule has 0 saturated carbocycles. The second-order valence-corrected chi connectivity index (χ2v) is 4.52. The largest absolute Gasteiger partial charge is 0.352 e. The molecule has 5 heteroatoms. The Morgan fingerprint density at radius 3 is 2.24 bits per heavy atom. The number of amides is 2. The normalized spacial score (nSPS) is 12.3. The van der Waals surface area contributed by atoms with Gasteiger partial charge in [0.2, 0.25) is 11.8 Å². The molecule has 0 fully saturated rings. The quantitative estimate of drug-likeness (QED) is 0.541. The standard InChI is InChI=1S/C12H25N3O2/c1-9(2)14-12(17)11(15-10(3)16)7-5-6-8-13-4/h9,11,13H,5-8H2,1-4H3,(H,14,17)(H,15,16). The highest BCUT2D eigenvalue weighted by Crippen LogP contribution is 2.01. The van der Waals surface area contributed by atoms with Crippen molar-refractivity contribution in [2.45, 2.75) is 52.1 Å². The van der Waals surface area contributed by atoms with Crippen molar-refractivity contribution in [1.29, 1.82) is 0 Å². The zero-order chi connectivity index (χ0) is 13.3. The minimum Gasteiger partial charge on any atom is -0.352 e. The van der Waals surface area contributed by atoms with Crippen LogP contribution in [0, 0.1) is 0 Å². The molecule has 0 bridgehead atoms. The highest BCUT2D eigenvalue weighted by atomic mass is 16.2. The van der Waals surface area contributed by atoms with Gasteiger partial charge in [0.25, 0.3) is 0 Å². The van der Waals surface area contributed by atoms with Crippen molar-refractivity contribution in [3.63, 3.8) is 0 Å². The fourth-order valence-corrected chi connectivity index (χ4v) is 1.55. The van der Waals surface area contributed by atoms with E-state index in [4.69, 9.17) is 0 Å². The molecule has 0 aromatic heterocycles. The Labute approximate surface area is 104 Å². The third-order valence-electron chi connectivity index (χ3n) is 2.29. The smallest absolute Gasteiger partial charge is 0.242 e. The molecule has 5 nitrogen and oxygen atoms in total. The first-order chi connectivity index (χ1) is 7.97. The first-order valence-electron chi connectivity index (χ1n) is 6.19. The number of unbranched alkanes of at least 4 members (excludes halogenated alkanes) is 1. The third-order valence-corrected chi connectivity index (χ3v) is 2.29. The number of hydrogen-bond donors (Lipinski definition) is 3. The highest BCUT2D eigenvalue weighted by molar-refractivity contribution is 5.86. The monoisotopic (exact) mass is 243 g/mol. The van der Waals surface area contributed by atoms with Crippen LogP contribution in [0.3, 0.4) is 0 Å². The Balaban J connectivity index is 4.12. The summed E-state index contributed by atoms with van der Waals surface area (Å²) in [5.41, 5.74) is 0. The minimum absolute atomic E-state index is 0.0936. The Kier molecular flexibility index (Phi) is 8.40. The van der Waals surface area contributed by atoms with Crippen LogP contribution < -0.4 is 16.0 Å². The fourth-order valence-electron chi connectivity index (χ4n) is 1.55. The molecule has 0 aliphatic heterocycles. The van der Waals surface area contributed by atoms with Gasteiger partial charge in [-0.1, -0.05) is 0 Å². The van der Waals surface area contributed by atoms with E-state index in [0.717, 1.165) is 19.4 Å². The van der Waals surface area contributed by atoms with Crippen LogP contribution in [0.2, 0.25) is 0 Å². The van der Waals surface area contributed by atoms with E-state index in [1.165, 1.54) is 6.92 Å². The van der Waals surface area contributed by atoms with Gasteiger partial charge in [-0.05, 0) is 46.7 Å². The van der Waals surface area contributed by atoms with Crippen LogP contribution in [0.25, 0.3) is 0 Å². The number of nitrogens with one attached hydrogen (secondary N) is 3. The Morgan fingerprint density at radius 2 is 1.76 bits per heavy atom. The molecule has 0 heterocycles. The molecule has 0 rings (SSSR count). The average molecular weight is 243 g/mol. The van der Waals surface area contributed by atoms with Crippen molar-refractivity contribution in [1.82, 2.24) is 16.0 Å². The maximum Gasteiger partial charge on any atom is 0.242 e. The van der Waals surface area contributed by atoms with E-state index in [0.29, 0.717) is 6.42 Å². The SMILES string of the molecule is CNCCCCC(NC(C)=O)C(=O)NC(C)C. The van der Waals surface area contributed by atoms with Gasteiger partial charge in [-0.2, -0.15) is 0 Å². The number of carbonyl (C=O) groups is 2. The maximum atomic E-state index is 11.8. The van der Waals surface area contributed by atoms with Gasteiger partial charge in [-0.15, -0.1) is 0 Å². The summed E-state index contributed by atoms with van der Waals surface area (Å²) >= 11 is 0. The average Bonchev–Trinajstić information content (AvgIpc) is 2.21. The van der Waals surface area contributed by atoms with E-state index in [2.05, 4.69) is 16.0 Å². The number of carbonyl (C=O) groups excluding carboxylic acids is 2. The van der Waals surface area contributed by atoms with E-state index >= 15 is 0 Å². The highest BCUT2D eigenvalue weighted by Gasteiger charge is 2.19. The van der Waals surface area contributed by atoms with Gasteiger partial charge < -0.3 is 16.0 Å². The lowest BCUT2D eigenvalue weighted by Gasteiger charge is -2.19. The molecule has 1 atom stereocenters. The lowest BCUT2D eigenvalue weighted by Crippen LogP contribution is -2.47. The van der Waals surface area contributed by atoms with E-state index in [9.17, 15) is 9.59 Å². The molecule has 2 amide bonds. The van der Waals surface area contributed by atoms with Crippen LogP contribution in [0.4, 0.5) is 0 Å². The number of rotatable bonds is 8. The Bertz CT molecular complexity index is 242. The van der Waals surface area contributed by atoms with Gasteiger partial charge in [-0.25, -0.2) is 0 Å². The predicted molar refractivity (Wildman–Crippen MR) is 68.7 cm³/mol. The van der Waals surface area contributed by atoms with Gasteiger partial charge in [-0.3, -0.25) is 9.59 Å². The summed E-state index contributed by atoms with van der Waals surface area (Å²) in [4.78, 5) is 22.8. The molecular weight excluding hydrogens is 218 g/mol. The van der Waals surface area contributed by atoms with Crippen molar-refractivity contribution in [3.8, 4) is 0 Å². The van der Waals surface area contributed by atoms with Gasteiger partial charge >= 0.3 is 0 Å². The molecule has 0 aromatic carbocycles. The second kappa shape index (κ2) is 8.98. The van der Waals surface area contributed by atoms with Crippen molar-refractivity contribution in [3.05, 3.63) is 0 Å². The molecular formula is C12H25N3O2. The van der Waals surface area contributed by atoms with Gasteiger partial charge in [0.05, 0.1) is 0 Å². The molecule has 3 N–H and O–H groups in total. The Morgan fingerprint density at radius 1 is 1.12 bits per heavy atom. The van der Waals surface area contributed by atoms with Crippen molar-refractivity contribution in [2.75, 3.05) is 13.6 Å².